The zero-order chi connectivity index (χ0) is 11.0. The summed E-state index contributed by atoms with van der Waals surface area (Å²) in [5.74, 6) is -0.265. The van der Waals surface area contributed by atoms with Gasteiger partial charge in [-0.15, -0.1) is 0 Å². The molecular weight excluding hydrogens is 186 g/mol. The van der Waals surface area contributed by atoms with E-state index in [1.54, 1.807) is 28.1 Å². The van der Waals surface area contributed by atoms with Gasteiger partial charge in [-0.1, -0.05) is 0 Å². The lowest BCUT2D eigenvalue weighted by atomic mass is 10.3. The van der Waals surface area contributed by atoms with Crippen LogP contribution < -0.4 is 5.32 Å². The van der Waals surface area contributed by atoms with Crippen LogP contribution in [0.4, 0.5) is 0 Å². The highest BCUT2D eigenvalue weighted by atomic mass is 16.7. The minimum absolute atomic E-state index is 0.265. The third-order valence-electron chi connectivity index (χ3n) is 1.76. The first-order valence-corrected chi connectivity index (χ1v) is 4.61. The van der Waals surface area contributed by atoms with Crippen LogP contribution in [0.1, 0.15) is 13.8 Å². The third-order valence-corrected chi connectivity index (χ3v) is 1.76. The van der Waals surface area contributed by atoms with Gasteiger partial charge in [0.15, 0.2) is 6.29 Å². The number of methoxy groups -OCH3 is 2. The highest BCUT2D eigenvalue weighted by Crippen LogP contribution is 1.92. The molecule has 0 rings (SSSR count). The van der Waals surface area contributed by atoms with Crippen molar-refractivity contribution in [2.75, 3.05) is 27.4 Å². The van der Waals surface area contributed by atoms with Gasteiger partial charge < -0.3 is 14.2 Å². The number of carbonyl (C=O) groups excluding carboxylic acids is 1. The molecule has 0 aliphatic heterocycles. The van der Waals surface area contributed by atoms with Gasteiger partial charge in [-0.25, -0.2) is 0 Å². The molecule has 1 atom stereocenters. The van der Waals surface area contributed by atoms with Crippen LogP contribution in [0.5, 0.6) is 0 Å². The Morgan fingerprint density at radius 2 is 1.93 bits per heavy atom. The van der Waals surface area contributed by atoms with Crippen LogP contribution in [0.25, 0.3) is 0 Å². The molecule has 0 aliphatic carbocycles. The molecule has 0 bridgehead atoms. The van der Waals surface area contributed by atoms with Crippen LogP contribution in [-0.4, -0.2) is 45.7 Å². The molecule has 0 spiro atoms. The molecule has 0 aliphatic rings. The summed E-state index contributed by atoms with van der Waals surface area (Å²) in [6, 6.07) is -0.345. The fraction of sp³-hybridized carbons (Fsp3) is 0.889. The molecule has 0 fully saturated rings. The monoisotopic (exact) mass is 205 g/mol. The van der Waals surface area contributed by atoms with E-state index in [4.69, 9.17) is 14.2 Å². The highest BCUT2D eigenvalue weighted by Gasteiger charge is 2.15. The lowest BCUT2D eigenvalue weighted by Gasteiger charge is -2.17. The molecule has 0 amide bonds. The van der Waals surface area contributed by atoms with Crippen molar-refractivity contribution in [3.8, 4) is 0 Å². The minimum atomic E-state index is -0.345. The fourth-order valence-electron chi connectivity index (χ4n) is 0.886. The second-order valence-corrected chi connectivity index (χ2v) is 2.78. The number of esters is 1. The average molecular weight is 205 g/mol. The quantitative estimate of drug-likeness (QED) is 0.473. The van der Waals surface area contributed by atoms with Crippen LogP contribution in [0.15, 0.2) is 0 Å². The van der Waals surface area contributed by atoms with Gasteiger partial charge in [-0.05, 0) is 13.8 Å². The molecule has 1 unspecified atom stereocenters. The van der Waals surface area contributed by atoms with Crippen LogP contribution in [-0.2, 0) is 19.0 Å². The molecule has 0 heterocycles. The normalized spacial score (nSPS) is 12.9. The molecule has 84 valence electrons. The van der Waals surface area contributed by atoms with Crippen molar-refractivity contribution >= 4 is 5.97 Å². The fourth-order valence-corrected chi connectivity index (χ4v) is 0.886. The van der Waals surface area contributed by atoms with Crippen molar-refractivity contribution < 1.29 is 19.0 Å². The Hall–Kier alpha value is -0.650. The Kier molecular flexibility index (Phi) is 7.37. The van der Waals surface area contributed by atoms with E-state index in [0.29, 0.717) is 13.2 Å². The predicted molar refractivity (Wildman–Crippen MR) is 51.9 cm³/mol. The maximum absolute atomic E-state index is 11.2. The van der Waals surface area contributed by atoms with Gasteiger partial charge in [0.25, 0.3) is 0 Å². The second-order valence-electron chi connectivity index (χ2n) is 2.78. The van der Waals surface area contributed by atoms with Crippen molar-refractivity contribution in [3.05, 3.63) is 0 Å². The van der Waals surface area contributed by atoms with E-state index in [0.717, 1.165) is 0 Å². The van der Waals surface area contributed by atoms with Crippen LogP contribution >= 0.6 is 0 Å². The Balaban J connectivity index is 3.71. The van der Waals surface area contributed by atoms with Gasteiger partial charge in [0.1, 0.15) is 6.04 Å². The number of nitrogens with one attached hydrogen (secondary N) is 1. The number of hydrogen-bond donors (Lipinski definition) is 1. The molecule has 14 heavy (non-hydrogen) atoms. The van der Waals surface area contributed by atoms with Crippen LogP contribution in [0.3, 0.4) is 0 Å². The molecule has 0 aromatic heterocycles. The van der Waals surface area contributed by atoms with Crippen molar-refractivity contribution in [3.63, 3.8) is 0 Å². The third kappa shape index (κ3) is 5.16. The van der Waals surface area contributed by atoms with Gasteiger partial charge in [0.05, 0.1) is 6.61 Å². The topological polar surface area (TPSA) is 56.8 Å². The van der Waals surface area contributed by atoms with E-state index < -0.39 is 0 Å². The summed E-state index contributed by atoms with van der Waals surface area (Å²) in [4.78, 5) is 11.2. The Labute approximate surface area is 84.7 Å². The molecule has 0 radical (unpaired) electrons. The molecule has 5 heteroatoms. The zero-order valence-corrected chi connectivity index (χ0v) is 9.20. The van der Waals surface area contributed by atoms with Gasteiger partial charge in [0, 0.05) is 20.8 Å². The number of carbonyl (C=O) groups is 1. The van der Waals surface area contributed by atoms with Gasteiger partial charge >= 0.3 is 5.97 Å². The summed E-state index contributed by atoms with van der Waals surface area (Å²) >= 11 is 0. The SMILES string of the molecule is CCOC(=O)C(C)NCC(OC)OC. The Morgan fingerprint density at radius 1 is 1.36 bits per heavy atom. The summed E-state index contributed by atoms with van der Waals surface area (Å²) < 4.78 is 14.7. The standard InChI is InChI=1S/C9H19NO4/c1-5-14-9(11)7(2)10-6-8(12-3)13-4/h7-8,10H,5-6H2,1-4H3. The van der Waals surface area contributed by atoms with E-state index in [9.17, 15) is 4.79 Å². The van der Waals surface area contributed by atoms with Crippen molar-refractivity contribution in [2.24, 2.45) is 0 Å². The maximum Gasteiger partial charge on any atom is 0.322 e. The van der Waals surface area contributed by atoms with E-state index in [1.165, 1.54) is 0 Å². The molecule has 1 N–H and O–H groups in total. The van der Waals surface area contributed by atoms with E-state index in [2.05, 4.69) is 5.32 Å². The van der Waals surface area contributed by atoms with Crippen molar-refractivity contribution in [1.82, 2.24) is 5.32 Å². The minimum Gasteiger partial charge on any atom is -0.465 e. The van der Waals surface area contributed by atoms with Gasteiger partial charge in [0.2, 0.25) is 0 Å². The molecular formula is C9H19NO4. The Morgan fingerprint density at radius 3 is 2.36 bits per heavy atom. The number of hydrogen-bond acceptors (Lipinski definition) is 5. The molecule has 0 aromatic carbocycles. The molecule has 0 saturated heterocycles. The first-order chi connectivity index (χ1) is 6.65. The zero-order valence-electron chi connectivity index (χ0n) is 9.20. The van der Waals surface area contributed by atoms with E-state index in [-0.39, 0.29) is 18.3 Å². The largest absolute Gasteiger partial charge is 0.465 e. The lowest BCUT2D eigenvalue weighted by molar-refractivity contribution is -0.146. The summed E-state index contributed by atoms with van der Waals surface area (Å²) in [6.07, 6.45) is -0.341. The van der Waals surface area contributed by atoms with Crippen LogP contribution in [0.2, 0.25) is 0 Å². The maximum atomic E-state index is 11.2. The average Bonchev–Trinajstić information content (AvgIpc) is 2.19. The first-order valence-electron chi connectivity index (χ1n) is 4.61. The van der Waals surface area contributed by atoms with Gasteiger partial charge in [-0.2, -0.15) is 0 Å². The van der Waals surface area contributed by atoms with E-state index in [1.807, 2.05) is 0 Å². The number of ether oxygens (including phenoxy) is 3. The smallest absolute Gasteiger partial charge is 0.322 e. The molecule has 0 aromatic rings. The second kappa shape index (κ2) is 7.73. The molecule has 5 nitrogen and oxygen atoms in total. The first kappa shape index (κ1) is 13.4. The highest BCUT2D eigenvalue weighted by molar-refractivity contribution is 5.75. The summed E-state index contributed by atoms with van der Waals surface area (Å²) in [5, 5.41) is 2.94. The lowest BCUT2D eigenvalue weighted by Crippen LogP contribution is -2.40. The van der Waals surface area contributed by atoms with E-state index >= 15 is 0 Å². The summed E-state index contributed by atoms with van der Waals surface area (Å²) in [5.41, 5.74) is 0. The van der Waals surface area contributed by atoms with Crippen molar-refractivity contribution in [1.29, 1.82) is 0 Å². The molecule has 0 saturated carbocycles. The summed E-state index contributed by atoms with van der Waals surface area (Å²) in [6.45, 7) is 4.36. The van der Waals surface area contributed by atoms with Gasteiger partial charge in [-0.3, -0.25) is 10.1 Å². The Bertz CT molecular complexity index is 159. The van der Waals surface area contributed by atoms with Crippen LogP contribution in [0, 0.1) is 0 Å². The van der Waals surface area contributed by atoms with Crippen molar-refractivity contribution in [2.45, 2.75) is 26.2 Å². The predicted octanol–water partition coefficient (Wildman–Crippen LogP) is 0.147. The summed E-state index contributed by atoms with van der Waals surface area (Å²) in [7, 11) is 3.09. The number of rotatable bonds is 7.